The van der Waals surface area contributed by atoms with Crippen LogP contribution in [-0.4, -0.2) is 35.7 Å². The third-order valence-corrected chi connectivity index (χ3v) is 3.98. The number of hydrogen-bond donors (Lipinski definition) is 2. The molecule has 1 rings (SSSR count). The second-order valence-corrected chi connectivity index (χ2v) is 5.96. The van der Waals surface area contributed by atoms with Gasteiger partial charge in [0.15, 0.2) is 0 Å². The molecule has 0 fully saturated rings. The van der Waals surface area contributed by atoms with Gasteiger partial charge in [-0.1, -0.05) is 6.92 Å². The first kappa shape index (κ1) is 14.9. The molecule has 1 aromatic rings. The molecule has 1 unspecified atom stereocenters. The first-order chi connectivity index (χ1) is 8.49. The van der Waals surface area contributed by atoms with Gasteiger partial charge in [-0.05, 0) is 43.8 Å². The van der Waals surface area contributed by atoms with E-state index >= 15 is 0 Å². The van der Waals surface area contributed by atoms with E-state index in [0.29, 0.717) is 12.3 Å². The summed E-state index contributed by atoms with van der Waals surface area (Å²) in [6.45, 7) is 3.16. The molecule has 0 spiro atoms. The zero-order valence-corrected chi connectivity index (χ0v) is 11.8. The van der Waals surface area contributed by atoms with Crippen LogP contribution in [0.25, 0.3) is 0 Å². The van der Waals surface area contributed by atoms with Gasteiger partial charge >= 0.3 is 0 Å². The van der Waals surface area contributed by atoms with E-state index in [2.05, 4.69) is 10.0 Å². The van der Waals surface area contributed by atoms with Crippen molar-refractivity contribution in [1.29, 1.82) is 0 Å². The molecule has 0 aromatic heterocycles. The molecule has 1 aromatic carbocycles. The average Bonchev–Trinajstić information content (AvgIpc) is 2.37. The van der Waals surface area contributed by atoms with Crippen LogP contribution in [0.2, 0.25) is 0 Å². The number of rotatable bonds is 7. The Morgan fingerprint density at radius 1 is 1.22 bits per heavy atom. The quantitative estimate of drug-likeness (QED) is 0.771. The van der Waals surface area contributed by atoms with Crippen molar-refractivity contribution in [3.8, 4) is 5.75 Å². The van der Waals surface area contributed by atoms with E-state index in [4.69, 9.17) is 4.74 Å². The van der Waals surface area contributed by atoms with Gasteiger partial charge in [-0.25, -0.2) is 13.1 Å². The molecule has 0 radical (unpaired) electrons. The van der Waals surface area contributed by atoms with E-state index in [1.165, 1.54) is 12.1 Å². The maximum Gasteiger partial charge on any atom is 0.240 e. The van der Waals surface area contributed by atoms with Crippen molar-refractivity contribution in [3.63, 3.8) is 0 Å². The lowest BCUT2D eigenvalue weighted by Crippen LogP contribution is -2.32. The molecule has 0 aliphatic carbocycles. The number of sulfonamides is 1. The Morgan fingerprint density at radius 2 is 1.83 bits per heavy atom. The van der Waals surface area contributed by atoms with E-state index in [9.17, 15) is 8.42 Å². The molecule has 2 N–H and O–H groups in total. The van der Waals surface area contributed by atoms with Gasteiger partial charge in [0, 0.05) is 6.54 Å². The summed E-state index contributed by atoms with van der Waals surface area (Å²) in [7, 11) is -0.0474. The highest BCUT2D eigenvalue weighted by molar-refractivity contribution is 7.89. The predicted octanol–water partition coefficient (Wildman–Crippen LogP) is 0.829. The minimum absolute atomic E-state index is 0.239. The van der Waals surface area contributed by atoms with Crippen LogP contribution in [0.4, 0.5) is 0 Å². The fraction of sp³-hybridized carbons (Fsp3) is 0.500. The number of methoxy groups -OCH3 is 1. The topological polar surface area (TPSA) is 67.4 Å². The zero-order chi connectivity index (χ0) is 13.6. The van der Waals surface area contributed by atoms with E-state index < -0.39 is 10.0 Å². The monoisotopic (exact) mass is 272 g/mol. The molecule has 18 heavy (non-hydrogen) atoms. The van der Waals surface area contributed by atoms with Gasteiger partial charge < -0.3 is 10.1 Å². The van der Waals surface area contributed by atoms with Crippen LogP contribution >= 0.6 is 0 Å². The number of benzene rings is 1. The van der Waals surface area contributed by atoms with E-state index in [0.717, 1.165) is 6.54 Å². The molecule has 5 nitrogen and oxygen atoms in total. The number of ether oxygens (including phenoxy) is 1. The molecule has 102 valence electrons. The predicted molar refractivity (Wildman–Crippen MR) is 71.3 cm³/mol. The smallest absolute Gasteiger partial charge is 0.240 e. The van der Waals surface area contributed by atoms with Crippen LogP contribution in [-0.2, 0) is 10.0 Å². The highest BCUT2D eigenvalue weighted by Crippen LogP contribution is 2.15. The average molecular weight is 272 g/mol. The third-order valence-electron chi connectivity index (χ3n) is 2.54. The zero-order valence-electron chi connectivity index (χ0n) is 10.9. The maximum absolute atomic E-state index is 12.0. The Morgan fingerprint density at radius 3 is 2.33 bits per heavy atom. The van der Waals surface area contributed by atoms with Gasteiger partial charge in [0.2, 0.25) is 10.0 Å². The normalized spacial score (nSPS) is 13.3. The van der Waals surface area contributed by atoms with Gasteiger partial charge in [0.05, 0.1) is 12.0 Å². The molecule has 0 aliphatic heterocycles. The Hall–Kier alpha value is -1.11. The molecule has 0 bridgehead atoms. The third kappa shape index (κ3) is 4.29. The largest absolute Gasteiger partial charge is 0.497 e. The second-order valence-electron chi connectivity index (χ2n) is 4.19. The summed E-state index contributed by atoms with van der Waals surface area (Å²) in [6.07, 6.45) is 0. The van der Waals surface area contributed by atoms with Crippen molar-refractivity contribution < 1.29 is 13.2 Å². The molecule has 0 amide bonds. The molecule has 0 aliphatic rings. The molecule has 0 saturated carbocycles. The molecule has 0 saturated heterocycles. The van der Waals surface area contributed by atoms with Gasteiger partial charge in [-0.3, -0.25) is 0 Å². The number of nitrogens with one attached hydrogen (secondary N) is 2. The molecular formula is C12H20N2O3S. The first-order valence-corrected chi connectivity index (χ1v) is 7.26. The van der Waals surface area contributed by atoms with Gasteiger partial charge in [0.25, 0.3) is 0 Å². The molecule has 1 atom stereocenters. The summed E-state index contributed by atoms with van der Waals surface area (Å²) in [6, 6.07) is 6.32. The Labute approximate surface area is 109 Å². The molecule has 0 heterocycles. The fourth-order valence-electron chi connectivity index (χ4n) is 1.51. The van der Waals surface area contributed by atoms with Crippen LogP contribution in [0.1, 0.15) is 6.92 Å². The summed E-state index contributed by atoms with van der Waals surface area (Å²) in [5.41, 5.74) is 0. The maximum atomic E-state index is 12.0. The lowest BCUT2D eigenvalue weighted by molar-refractivity contribution is 0.414. The van der Waals surface area contributed by atoms with Crippen LogP contribution in [0.15, 0.2) is 29.2 Å². The van der Waals surface area contributed by atoms with Gasteiger partial charge in [-0.2, -0.15) is 0 Å². The van der Waals surface area contributed by atoms with Crippen LogP contribution in [0.5, 0.6) is 5.75 Å². The number of hydrogen-bond acceptors (Lipinski definition) is 4. The fourth-order valence-corrected chi connectivity index (χ4v) is 2.68. The minimum Gasteiger partial charge on any atom is -0.497 e. The Balaban J connectivity index is 2.67. The SMILES string of the molecule is CNCC(C)CNS(=O)(=O)c1ccc(OC)cc1. The van der Waals surface area contributed by atoms with Crippen LogP contribution in [0.3, 0.4) is 0 Å². The van der Waals surface area contributed by atoms with E-state index in [1.54, 1.807) is 19.2 Å². The Kier molecular flexibility index (Phi) is 5.58. The first-order valence-electron chi connectivity index (χ1n) is 5.78. The summed E-state index contributed by atoms with van der Waals surface area (Å²) in [4.78, 5) is 0.250. The summed E-state index contributed by atoms with van der Waals surface area (Å²) >= 11 is 0. The van der Waals surface area contributed by atoms with Crippen molar-refractivity contribution in [2.24, 2.45) is 5.92 Å². The highest BCUT2D eigenvalue weighted by atomic mass is 32.2. The summed E-state index contributed by atoms with van der Waals surface area (Å²) in [5, 5.41) is 3.01. The standard InChI is InChI=1S/C12H20N2O3S/c1-10(8-13-2)9-14-18(15,16)12-6-4-11(17-3)5-7-12/h4-7,10,13-14H,8-9H2,1-3H3. The lowest BCUT2D eigenvalue weighted by Gasteiger charge is -2.12. The van der Waals surface area contributed by atoms with E-state index in [1.807, 2.05) is 14.0 Å². The van der Waals surface area contributed by atoms with Crippen molar-refractivity contribution >= 4 is 10.0 Å². The van der Waals surface area contributed by atoms with Crippen molar-refractivity contribution in [2.45, 2.75) is 11.8 Å². The molecule has 6 heteroatoms. The summed E-state index contributed by atoms with van der Waals surface area (Å²) < 4.78 is 31.5. The van der Waals surface area contributed by atoms with Crippen LogP contribution < -0.4 is 14.8 Å². The lowest BCUT2D eigenvalue weighted by atomic mass is 10.2. The minimum atomic E-state index is -3.43. The van der Waals surface area contributed by atoms with Crippen molar-refractivity contribution in [2.75, 3.05) is 27.2 Å². The van der Waals surface area contributed by atoms with Crippen molar-refractivity contribution in [1.82, 2.24) is 10.0 Å². The van der Waals surface area contributed by atoms with E-state index in [-0.39, 0.29) is 10.8 Å². The van der Waals surface area contributed by atoms with Gasteiger partial charge in [-0.15, -0.1) is 0 Å². The highest BCUT2D eigenvalue weighted by Gasteiger charge is 2.14. The van der Waals surface area contributed by atoms with Crippen molar-refractivity contribution in [3.05, 3.63) is 24.3 Å². The summed E-state index contributed by atoms with van der Waals surface area (Å²) in [5.74, 6) is 0.875. The molecular weight excluding hydrogens is 252 g/mol. The van der Waals surface area contributed by atoms with Gasteiger partial charge in [0.1, 0.15) is 5.75 Å². The Bertz CT molecular complexity index is 457. The van der Waals surface area contributed by atoms with Crippen LogP contribution in [0, 0.1) is 5.92 Å². The second kappa shape index (κ2) is 6.72.